The lowest BCUT2D eigenvalue weighted by Gasteiger charge is -2.36. The lowest BCUT2D eigenvalue weighted by molar-refractivity contribution is -0.136. The van der Waals surface area contributed by atoms with Gasteiger partial charge in [0.1, 0.15) is 5.82 Å². The molecule has 2 atom stereocenters. The zero-order valence-electron chi connectivity index (χ0n) is 14.0. The summed E-state index contributed by atoms with van der Waals surface area (Å²) in [6.45, 7) is 6.82. The highest BCUT2D eigenvalue weighted by Crippen LogP contribution is 2.25. The van der Waals surface area contributed by atoms with E-state index >= 15 is 0 Å². The predicted octanol–water partition coefficient (Wildman–Crippen LogP) is 2.62. The summed E-state index contributed by atoms with van der Waals surface area (Å²) in [7, 11) is 0. The Morgan fingerprint density at radius 3 is 2.43 bits per heavy atom. The minimum Gasteiger partial charge on any atom is -0.341 e. The smallest absolute Gasteiger partial charge is 0.240 e. The molecule has 1 aromatic carbocycles. The van der Waals surface area contributed by atoms with Gasteiger partial charge >= 0.3 is 0 Å². The summed E-state index contributed by atoms with van der Waals surface area (Å²) in [6, 6.07) is 4.99. The lowest BCUT2D eigenvalue weighted by atomic mass is 9.85. The molecule has 0 unspecified atom stereocenters. The standard InChI is InChI=1S/C18H25FN2O2/c1-18(2,3)16(20)17(23)21-10-4-5-13(11-21)15(22)12-6-8-14(19)9-7-12/h6-9,13,16H,4-5,10-11,20H2,1-3H3/t13-,16-/m1/s1. The number of nitrogens with zero attached hydrogens (tertiary/aromatic N) is 1. The van der Waals surface area contributed by atoms with E-state index in [1.807, 2.05) is 20.8 Å². The van der Waals surface area contributed by atoms with Gasteiger partial charge in [-0.1, -0.05) is 20.8 Å². The van der Waals surface area contributed by atoms with E-state index < -0.39 is 6.04 Å². The molecule has 4 nitrogen and oxygen atoms in total. The van der Waals surface area contributed by atoms with Gasteiger partial charge in [-0.3, -0.25) is 9.59 Å². The minimum atomic E-state index is -0.581. The van der Waals surface area contributed by atoms with E-state index in [-0.39, 0.29) is 28.8 Å². The Kier molecular flexibility index (Phi) is 5.19. The Hall–Kier alpha value is -1.75. The van der Waals surface area contributed by atoms with E-state index in [0.717, 1.165) is 12.8 Å². The number of likely N-dealkylation sites (tertiary alicyclic amines) is 1. The zero-order chi connectivity index (χ0) is 17.2. The van der Waals surface area contributed by atoms with Gasteiger partial charge in [-0.15, -0.1) is 0 Å². The molecule has 0 bridgehead atoms. The first-order valence-electron chi connectivity index (χ1n) is 8.04. The summed E-state index contributed by atoms with van der Waals surface area (Å²) in [5, 5.41) is 0. The van der Waals surface area contributed by atoms with Gasteiger partial charge in [0.05, 0.1) is 6.04 Å². The fourth-order valence-electron chi connectivity index (χ4n) is 2.81. The number of halogens is 1. The van der Waals surface area contributed by atoms with Crippen molar-refractivity contribution in [3.05, 3.63) is 35.6 Å². The second kappa shape index (κ2) is 6.79. The summed E-state index contributed by atoms with van der Waals surface area (Å²) < 4.78 is 13.0. The molecule has 0 saturated carbocycles. The molecule has 0 radical (unpaired) electrons. The van der Waals surface area contributed by atoms with Crippen molar-refractivity contribution >= 4 is 11.7 Å². The topological polar surface area (TPSA) is 63.4 Å². The van der Waals surface area contributed by atoms with Gasteiger partial charge in [0.15, 0.2) is 5.78 Å². The van der Waals surface area contributed by atoms with Crippen LogP contribution in [-0.2, 0) is 4.79 Å². The monoisotopic (exact) mass is 320 g/mol. The molecule has 1 aromatic rings. The third kappa shape index (κ3) is 4.16. The molecular weight excluding hydrogens is 295 g/mol. The van der Waals surface area contributed by atoms with Crippen molar-refractivity contribution in [3.8, 4) is 0 Å². The molecule has 1 fully saturated rings. The number of carbonyl (C=O) groups excluding carboxylic acids is 2. The number of hydrogen-bond donors (Lipinski definition) is 1. The lowest BCUT2D eigenvalue weighted by Crippen LogP contribution is -2.53. The Morgan fingerprint density at radius 1 is 1.26 bits per heavy atom. The van der Waals surface area contributed by atoms with Crippen LogP contribution in [0.2, 0.25) is 0 Å². The van der Waals surface area contributed by atoms with E-state index in [1.165, 1.54) is 24.3 Å². The second-order valence-electron chi connectivity index (χ2n) is 7.34. The Balaban J connectivity index is 2.07. The maximum Gasteiger partial charge on any atom is 0.240 e. The SMILES string of the molecule is CC(C)(C)[C@H](N)C(=O)N1CCC[C@@H](C(=O)c2ccc(F)cc2)C1. The molecule has 5 heteroatoms. The summed E-state index contributed by atoms with van der Waals surface area (Å²) in [4.78, 5) is 26.8. The largest absolute Gasteiger partial charge is 0.341 e. The number of amides is 1. The maximum atomic E-state index is 13.0. The highest BCUT2D eigenvalue weighted by Gasteiger charge is 2.35. The summed E-state index contributed by atoms with van der Waals surface area (Å²) >= 11 is 0. The van der Waals surface area contributed by atoms with Gasteiger partial charge in [-0.25, -0.2) is 4.39 Å². The second-order valence-corrected chi connectivity index (χ2v) is 7.34. The van der Waals surface area contributed by atoms with Crippen LogP contribution < -0.4 is 5.73 Å². The molecule has 1 saturated heterocycles. The van der Waals surface area contributed by atoms with Crippen molar-refractivity contribution in [2.24, 2.45) is 17.1 Å². The number of benzene rings is 1. The van der Waals surface area contributed by atoms with Gasteiger partial charge < -0.3 is 10.6 Å². The van der Waals surface area contributed by atoms with Gasteiger partial charge in [0, 0.05) is 24.6 Å². The minimum absolute atomic E-state index is 0.0353. The van der Waals surface area contributed by atoms with Crippen LogP contribution >= 0.6 is 0 Å². The van der Waals surface area contributed by atoms with Crippen LogP contribution in [0.3, 0.4) is 0 Å². The van der Waals surface area contributed by atoms with Gasteiger partial charge in [-0.05, 0) is 42.5 Å². The summed E-state index contributed by atoms with van der Waals surface area (Å²) in [6.07, 6.45) is 1.52. The first kappa shape index (κ1) is 17.6. The number of rotatable bonds is 3. The van der Waals surface area contributed by atoms with Crippen LogP contribution in [-0.4, -0.2) is 35.7 Å². The number of piperidine rings is 1. The summed E-state index contributed by atoms with van der Waals surface area (Å²) in [5.41, 5.74) is 6.23. The third-order valence-electron chi connectivity index (χ3n) is 4.43. The molecular formula is C18H25FN2O2. The van der Waals surface area contributed by atoms with Gasteiger partial charge in [0.2, 0.25) is 5.91 Å². The molecule has 23 heavy (non-hydrogen) atoms. The summed E-state index contributed by atoms with van der Waals surface area (Å²) in [5.74, 6) is -0.746. The van der Waals surface area contributed by atoms with Gasteiger partial charge in [0.25, 0.3) is 0 Å². The predicted molar refractivity (Wildman–Crippen MR) is 87.5 cm³/mol. The fraction of sp³-hybridized carbons (Fsp3) is 0.556. The average Bonchev–Trinajstić information content (AvgIpc) is 2.52. The van der Waals surface area contributed by atoms with E-state index in [2.05, 4.69) is 0 Å². The number of hydrogen-bond acceptors (Lipinski definition) is 3. The van der Waals surface area contributed by atoms with E-state index in [4.69, 9.17) is 5.73 Å². The third-order valence-corrected chi connectivity index (χ3v) is 4.43. The van der Waals surface area contributed by atoms with Crippen molar-refractivity contribution < 1.29 is 14.0 Å². The van der Waals surface area contributed by atoms with Crippen molar-refractivity contribution in [2.75, 3.05) is 13.1 Å². The highest BCUT2D eigenvalue weighted by atomic mass is 19.1. The number of nitrogens with two attached hydrogens (primary N) is 1. The average molecular weight is 320 g/mol. The zero-order valence-corrected chi connectivity index (χ0v) is 14.0. The first-order chi connectivity index (χ1) is 10.7. The van der Waals surface area contributed by atoms with Crippen LogP contribution in [0.5, 0.6) is 0 Å². The van der Waals surface area contributed by atoms with E-state index in [0.29, 0.717) is 18.7 Å². The number of ketones is 1. The van der Waals surface area contributed by atoms with Gasteiger partial charge in [-0.2, -0.15) is 0 Å². The molecule has 1 amide bonds. The van der Waals surface area contributed by atoms with Crippen molar-refractivity contribution in [1.29, 1.82) is 0 Å². The number of carbonyl (C=O) groups is 2. The van der Waals surface area contributed by atoms with E-state index in [9.17, 15) is 14.0 Å². The fourth-order valence-corrected chi connectivity index (χ4v) is 2.81. The van der Waals surface area contributed by atoms with Crippen LogP contribution in [0.1, 0.15) is 44.0 Å². The van der Waals surface area contributed by atoms with E-state index in [1.54, 1.807) is 4.90 Å². The Morgan fingerprint density at radius 2 is 1.87 bits per heavy atom. The molecule has 1 aliphatic heterocycles. The maximum absolute atomic E-state index is 13.0. The van der Waals surface area contributed by atoms with Crippen LogP contribution in [0.4, 0.5) is 4.39 Å². The normalized spacial score (nSPS) is 20.2. The van der Waals surface area contributed by atoms with Crippen molar-refractivity contribution in [3.63, 3.8) is 0 Å². The molecule has 1 aliphatic rings. The van der Waals surface area contributed by atoms with Crippen molar-refractivity contribution in [2.45, 2.75) is 39.7 Å². The number of Topliss-reactive ketones (excluding diaryl/α,β-unsaturated/α-hetero) is 1. The van der Waals surface area contributed by atoms with Crippen LogP contribution in [0, 0.1) is 17.2 Å². The van der Waals surface area contributed by atoms with Crippen LogP contribution in [0.25, 0.3) is 0 Å². The molecule has 2 rings (SSSR count). The highest BCUT2D eigenvalue weighted by molar-refractivity contribution is 5.98. The molecule has 0 aromatic heterocycles. The molecule has 0 spiro atoms. The Bertz CT molecular complexity index is 578. The molecule has 0 aliphatic carbocycles. The first-order valence-corrected chi connectivity index (χ1v) is 8.04. The molecule has 126 valence electrons. The molecule has 1 heterocycles. The quantitative estimate of drug-likeness (QED) is 0.871. The Labute approximate surface area is 136 Å². The molecule has 2 N–H and O–H groups in total. The van der Waals surface area contributed by atoms with Crippen LogP contribution in [0.15, 0.2) is 24.3 Å². The van der Waals surface area contributed by atoms with Crippen molar-refractivity contribution in [1.82, 2.24) is 4.90 Å².